The van der Waals surface area contributed by atoms with Gasteiger partial charge in [0.2, 0.25) is 0 Å². The predicted octanol–water partition coefficient (Wildman–Crippen LogP) is 4.16. The molecule has 1 aliphatic heterocycles. The van der Waals surface area contributed by atoms with Crippen molar-refractivity contribution in [3.05, 3.63) is 65.2 Å². The number of benzene rings is 2. The van der Waals surface area contributed by atoms with Gasteiger partial charge in [-0.2, -0.15) is 13.2 Å². The van der Waals surface area contributed by atoms with Gasteiger partial charge in [0, 0.05) is 29.9 Å². The van der Waals surface area contributed by atoms with E-state index in [9.17, 15) is 22.8 Å². The SMILES string of the molecule is CN(C)CCc1cccc2c1COc1ccc(C(F)(F)F)cc1N2.O=C(O)C=CC(=O)O. The molecule has 0 bridgehead atoms. The van der Waals surface area contributed by atoms with Gasteiger partial charge in [-0.05, 0) is 50.3 Å². The summed E-state index contributed by atoms with van der Waals surface area (Å²) in [7, 11) is 4.01. The second-order valence-corrected chi connectivity index (χ2v) is 7.13. The maximum absolute atomic E-state index is 12.9. The van der Waals surface area contributed by atoms with Crippen molar-refractivity contribution in [3.8, 4) is 5.75 Å². The molecule has 1 aliphatic rings. The zero-order valence-electron chi connectivity index (χ0n) is 17.4. The van der Waals surface area contributed by atoms with Crippen LogP contribution in [0.25, 0.3) is 0 Å². The van der Waals surface area contributed by atoms with Gasteiger partial charge in [-0.3, -0.25) is 0 Å². The van der Waals surface area contributed by atoms with Gasteiger partial charge < -0.3 is 25.2 Å². The van der Waals surface area contributed by atoms with Crippen LogP contribution in [0.15, 0.2) is 48.6 Å². The van der Waals surface area contributed by atoms with E-state index >= 15 is 0 Å². The van der Waals surface area contributed by atoms with Crippen LogP contribution >= 0.6 is 0 Å². The van der Waals surface area contributed by atoms with Crippen LogP contribution in [-0.2, 0) is 28.8 Å². The number of ether oxygens (including phenoxy) is 1. The summed E-state index contributed by atoms with van der Waals surface area (Å²) in [4.78, 5) is 21.2. The standard InChI is InChI=1S/C18H19F3N2O.C4H4O4/c1-23(2)9-8-12-4-3-5-15-14(12)11-24-17-7-6-13(18(19,20)21)10-16(17)22-15;5-3(6)1-2-4(7)8/h3-7,10,22H,8-9,11H2,1-2H3;1-2H,(H,5,6)(H,7,8). The minimum Gasteiger partial charge on any atom is -0.487 e. The van der Waals surface area contributed by atoms with E-state index in [2.05, 4.69) is 10.2 Å². The summed E-state index contributed by atoms with van der Waals surface area (Å²) >= 11 is 0. The number of anilines is 2. The number of carbonyl (C=O) groups is 2. The van der Waals surface area contributed by atoms with Gasteiger partial charge in [0.15, 0.2) is 0 Å². The van der Waals surface area contributed by atoms with E-state index in [-0.39, 0.29) is 0 Å². The Morgan fingerprint density at radius 1 is 1.09 bits per heavy atom. The van der Waals surface area contributed by atoms with Crippen LogP contribution in [0, 0.1) is 0 Å². The van der Waals surface area contributed by atoms with Crippen LogP contribution in [0.4, 0.5) is 24.5 Å². The van der Waals surface area contributed by atoms with Gasteiger partial charge in [0.1, 0.15) is 12.4 Å². The second kappa shape index (κ2) is 10.7. The molecule has 10 heteroatoms. The van der Waals surface area contributed by atoms with Crippen molar-refractivity contribution < 1.29 is 37.7 Å². The van der Waals surface area contributed by atoms with Crippen molar-refractivity contribution >= 4 is 23.3 Å². The zero-order valence-corrected chi connectivity index (χ0v) is 17.4. The van der Waals surface area contributed by atoms with Crippen LogP contribution in [0.1, 0.15) is 16.7 Å². The molecule has 0 radical (unpaired) electrons. The normalized spacial score (nSPS) is 12.6. The van der Waals surface area contributed by atoms with Gasteiger partial charge >= 0.3 is 18.1 Å². The molecule has 0 spiro atoms. The summed E-state index contributed by atoms with van der Waals surface area (Å²) in [5.41, 5.74) is 2.57. The number of halogens is 3. The van der Waals surface area contributed by atoms with E-state index in [1.165, 1.54) is 6.07 Å². The Balaban J connectivity index is 0.000000390. The number of carboxylic acids is 2. The first-order chi connectivity index (χ1) is 15.0. The maximum atomic E-state index is 12.9. The van der Waals surface area contributed by atoms with Gasteiger partial charge in [0.25, 0.3) is 0 Å². The second-order valence-electron chi connectivity index (χ2n) is 7.13. The third-order valence-corrected chi connectivity index (χ3v) is 4.42. The predicted molar refractivity (Wildman–Crippen MR) is 112 cm³/mol. The number of fused-ring (bicyclic) bond motifs is 2. The minimum absolute atomic E-state index is 0.338. The van der Waals surface area contributed by atoms with E-state index in [0.29, 0.717) is 30.2 Å². The summed E-state index contributed by atoms with van der Waals surface area (Å²) < 4.78 is 44.5. The first kappa shape index (κ1) is 24.7. The molecular formula is C22H23F3N2O5. The van der Waals surface area contributed by atoms with Crippen LogP contribution in [0.5, 0.6) is 5.75 Å². The third-order valence-electron chi connectivity index (χ3n) is 4.42. The quantitative estimate of drug-likeness (QED) is 0.586. The molecule has 1 heterocycles. The van der Waals surface area contributed by atoms with E-state index < -0.39 is 23.7 Å². The lowest BCUT2D eigenvalue weighted by Gasteiger charge is -2.15. The maximum Gasteiger partial charge on any atom is 0.416 e. The highest BCUT2D eigenvalue weighted by molar-refractivity contribution is 5.89. The number of hydrogen-bond donors (Lipinski definition) is 3. The van der Waals surface area contributed by atoms with Gasteiger partial charge in [-0.1, -0.05) is 12.1 Å². The van der Waals surface area contributed by atoms with Crippen molar-refractivity contribution in [3.63, 3.8) is 0 Å². The summed E-state index contributed by atoms with van der Waals surface area (Å²) in [6.07, 6.45) is -2.41. The zero-order chi connectivity index (χ0) is 23.9. The molecule has 172 valence electrons. The molecule has 7 nitrogen and oxygen atoms in total. The van der Waals surface area contributed by atoms with Crippen LogP contribution in [-0.4, -0.2) is 47.7 Å². The Kier molecular flexibility index (Phi) is 8.25. The number of alkyl halides is 3. The average Bonchev–Trinajstić information content (AvgIpc) is 2.89. The molecule has 2 aromatic carbocycles. The number of likely N-dealkylation sites (N-methyl/N-ethyl adjacent to an activating group) is 1. The number of nitrogens with one attached hydrogen (secondary N) is 1. The first-order valence-corrected chi connectivity index (χ1v) is 9.48. The Labute approximate surface area is 182 Å². The van der Waals surface area contributed by atoms with Gasteiger partial charge in [-0.25, -0.2) is 9.59 Å². The Morgan fingerprint density at radius 3 is 2.31 bits per heavy atom. The largest absolute Gasteiger partial charge is 0.487 e. The highest BCUT2D eigenvalue weighted by Gasteiger charge is 2.31. The minimum atomic E-state index is -4.38. The lowest BCUT2D eigenvalue weighted by molar-refractivity contribution is -0.137. The molecule has 2 aromatic rings. The lowest BCUT2D eigenvalue weighted by atomic mass is 10.0. The van der Waals surface area contributed by atoms with Crippen molar-refractivity contribution in [1.29, 1.82) is 0 Å². The molecule has 0 saturated carbocycles. The molecule has 0 aliphatic carbocycles. The monoisotopic (exact) mass is 452 g/mol. The fourth-order valence-electron chi connectivity index (χ4n) is 2.87. The smallest absolute Gasteiger partial charge is 0.416 e. The molecular weight excluding hydrogens is 429 g/mol. The average molecular weight is 452 g/mol. The molecule has 3 rings (SSSR count). The fraction of sp³-hybridized carbons (Fsp3) is 0.273. The van der Waals surface area contributed by atoms with Crippen LogP contribution < -0.4 is 10.1 Å². The number of rotatable bonds is 5. The molecule has 0 amide bonds. The van der Waals surface area contributed by atoms with E-state index in [1.807, 2.05) is 32.3 Å². The van der Waals surface area contributed by atoms with Crippen molar-refractivity contribution in [2.45, 2.75) is 19.2 Å². The number of aliphatic carboxylic acids is 2. The Bertz CT molecular complexity index is 988. The van der Waals surface area contributed by atoms with Crippen molar-refractivity contribution in [1.82, 2.24) is 4.90 Å². The highest BCUT2D eigenvalue weighted by atomic mass is 19.4. The Hall–Kier alpha value is -3.53. The van der Waals surface area contributed by atoms with Gasteiger partial charge in [0.05, 0.1) is 11.3 Å². The molecule has 0 aromatic heterocycles. The summed E-state index contributed by atoms with van der Waals surface area (Å²) in [6, 6.07) is 9.32. The summed E-state index contributed by atoms with van der Waals surface area (Å²) in [6.45, 7) is 1.23. The van der Waals surface area contributed by atoms with E-state index in [0.717, 1.165) is 41.9 Å². The molecule has 0 fully saturated rings. The summed E-state index contributed by atoms with van der Waals surface area (Å²) in [5.74, 6) is -2.09. The molecule has 0 atom stereocenters. The number of carboxylic acid groups (broad SMARTS) is 2. The third kappa shape index (κ3) is 7.31. The van der Waals surface area contributed by atoms with E-state index in [1.54, 1.807) is 0 Å². The molecule has 0 unspecified atom stereocenters. The topological polar surface area (TPSA) is 99.1 Å². The number of nitrogens with zero attached hydrogens (tertiary/aromatic N) is 1. The Morgan fingerprint density at radius 2 is 1.75 bits per heavy atom. The first-order valence-electron chi connectivity index (χ1n) is 9.48. The van der Waals surface area contributed by atoms with Gasteiger partial charge in [-0.15, -0.1) is 0 Å². The highest BCUT2D eigenvalue weighted by Crippen LogP contribution is 2.39. The molecule has 32 heavy (non-hydrogen) atoms. The molecule has 0 saturated heterocycles. The fourth-order valence-corrected chi connectivity index (χ4v) is 2.87. The van der Waals surface area contributed by atoms with Crippen LogP contribution in [0.3, 0.4) is 0 Å². The number of hydrogen-bond acceptors (Lipinski definition) is 5. The van der Waals surface area contributed by atoms with Crippen LogP contribution in [0.2, 0.25) is 0 Å². The summed E-state index contributed by atoms with van der Waals surface area (Å²) in [5, 5.41) is 18.7. The van der Waals surface area contributed by atoms with Crippen molar-refractivity contribution in [2.75, 3.05) is 26.0 Å². The van der Waals surface area contributed by atoms with Crippen molar-refractivity contribution in [2.24, 2.45) is 0 Å². The molecule has 3 N–H and O–H groups in total. The lowest BCUT2D eigenvalue weighted by Crippen LogP contribution is -2.16. The van der Waals surface area contributed by atoms with E-state index in [4.69, 9.17) is 14.9 Å².